The van der Waals surface area contributed by atoms with E-state index in [0.29, 0.717) is 25.7 Å². The predicted molar refractivity (Wildman–Crippen MR) is 118 cm³/mol. The molecular weight excluding hydrogens is 448 g/mol. The van der Waals surface area contributed by atoms with Crippen molar-refractivity contribution in [1.29, 1.82) is 0 Å². The Bertz CT molecular complexity index is 1280. The monoisotopic (exact) mass is 470 g/mol. The number of hydrogen-bond donors (Lipinski definition) is 0. The van der Waals surface area contributed by atoms with Crippen molar-refractivity contribution in [3.05, 3.63) is 51.5 Å². The van der Waals surface area contributed by atoms with Gasteiger partial charge in [0.15, 0.2) is 5.65 Å². The van der Waals surface area contributed by atoms with Crippen molar-refractivity contribution in [2.75, 3.05) is 13.2 Å². The molecular formula is C21H23BrN6O2. The number of imidazole rings is 2. The Morgan fingerprint density at radius 1 is 1.23 bits per heavy atom. The van der Waals surface area contributed by atoms with Gasteiger partial charge in [0.25, 0.3) is 0 Å². The molecule has 0 amide bonds. The maximum atomic E-state index is 13.4. The van der Waals surface area contributed by atoms with Crippen LogP contribution in [0.15, 0.2) is 40.0 Å². The van der Waals surface area contributed by atoms with Crippen LogP contribution in [-0.4, -0.2) is 41.9 Å². The summed E-state index contributed by atoms with van der Waals surface area (Å²) in [7, 11) is 0. The molecule has 156 valence electrons. The lowest BCUT2D eigenvalue weighted by molar-refractivity contribution is -0.0231. The van der Waals surface area contributed by atoms with E-state index in [2.05, 4.69) is 44.3 Å². The van der Waals surface area contributed by atoms with Crippen LogP contribution in [0, 0.1) is 5.92 Å². The Hall–Kier alpha value is -2.52. The van der Waals surface area contributed by atoms with Gasteiger partial charge in [-0.2, -0.15) is 0 Å². The molecule has 30 heavy (non-hydrogen) atoms. The fourth-order valence-electron chi connectivity index (χ4n) is 3.92. The quantitative estimate of drug-likeness (QED) is 0.431. The highest BCUT2D eigenvalue weighted by Crippen LogP contribution is 2.24. The summed E-state index contributed by atoms with van der Waals surface area (Å²) in [6.07, 6.45) is 6.27. The molecule has 8 nitrogen and oxygen atoms in total. The molecule has 1 fully saturated rings. The van der Waals surface area contributed by atoms with Gasteiger partial charge in [-0.25, -0.2) is 14.8 Å². The second-order valence-electron chi connectivity index (χ2n) is 8.15. The van der Waals surface area contributed by atoms with Crippen LogP contribution in [0.4, 0.5) is 0 Å². The smallest absolute Gasteiger partial charge is 0.329 e. The number of aromatic nitrogens is 6. The van der Waals surface area contributed by atoms with Gasteiger partial charge in [0.05, 0.1) is 43.0 Å². The van der Waals surface area contributed by atoms with Gasteiger partial charge < -0.3 is 9.30 Å². The largest absolute Gasteiger partial charge is 0.377 e. The molecule has 1 aliphatic rings. The first-order chi connectivity index (χ1) is 14.5. The molecule has 4 aromatic heterocycles. The van der Waals surface area contributed by atoms with Gasteiger partial charge in [-0.3, -0.25) is 14.1 Å². The van der Waals surface area contributed by atoms with Crippen LogP contribution in [0.1, 0.15) is 32.1 Å². The van der Waals surface area contributed by atoms with Crippen molar-refractivity contribution >= 4 is 38.1 Å². The fourth-order valence-corrected chi connectivity index (χ4v) is 4.24. The van der Waals surface area contributed by atoms with Crippen LogP contribution in [0.5, 0.6) is 0 Å². The third-order valence-corrected chi connectivity index (χ3v) is 6.04. The van der Waals surface area contributed by atoms with Crippen LogP contribution in [0.3, 0.4) is 0 Å². The first-order valence-electron chi connectivity index (χ1n) is 10.2. The highest BCUT2D eigenvalue weighted by molar-refractivity contribution is 9.10. The minimum absolute atomic E-state index is 0.0529. The van der Waals surface area contributed by atoms with Gasteiger partial charge in [0.2, 0.25) is 0 Å². The normalized spacial score (nSPS) is 14.8. The van der Waals surface area contributed by atoms with Crippen LogP contribution in [-0.2, 0) is 17.8 Å². The first kappa shape index (κ1) is 19.4. The number of rotatable bonds is 6. The third kappa shape index (κ3) is 3.26. The second-order valence-corrected chi connectivity index (χ2v) is 9.07. The van der Waals surface area contributed by atoms with E-state index < -0.39 is 0 Å². The summed E-state index contributed by atoms with van der Waals surface area (Å²) in [5.41, 5.74) is 3.31. The van der Waals surface area contributed by atoms with Gasteiger partial charge >= 0.3 is 5.69 Å². The van der Waals surface area contributed by atoms with Crippen LogP contribution < -0.4 is 5.69 Å². The minimum atomic E-state index is -0.0529. The van der Waals surface area contributed by atoms with Gasteiger partial charge in [-0.15, -0.1) is 0 Å². The molecule has 0 N–H and O–H groups in total. The number of nitrogens with zero attached hydrogens (tertiary/aromatic N) is 6. The predicted octanol–water partition coefficient (Wildman–Crippen LogP) is 3.37. The zero-order valence-electron chi connectivity index (χ0n) is 17.0. The van der Waals surface area contributed by atoms with E-state index in [-0.39, 0.29) is 11.7 Å². The van der Waals surface area contributed by atoms with E-state index in [1.54, 1.807) is 23.2 Å². The SMILES string of the molecule is CC(C)CCn1c(Cn2c(=O)n(C3COC3)c3ccncc32)nc2cc(Br)cnc21. The topological polar surface area (TPSA) is 79.8 Å². The summed E-state index contributed by atoms with van der Waals surface area (Å²) in [5, 5.41) is 0. The average molecular weight is 471 g/mol. The molecule has 0 atom stereocenters. The van der Waals surface area contributed by atoms with Gasteiger partial charge in [0, 0.05) is 23.4 Å². The van der Waals surface area contributed by atoms with E-state index in [4.69, 9.17) is 9.72 Å². The van der Waals surface area contributed by atoms with Gasteiger partial charge in [-0.05, 0) is 40.4 Å². The van der Waals surface area contributed by atoms with E-state index in [0.717, 1.165) is 45.5 Å². The van der Waals surface area contributed by atoms with Crippen molar-refractivity contribution in [1.82, 2.24) is 28.7 Å². The lowest BCUT2D eigenvalue weighted by Gasteiger charge is -2.26. The Morgan fingerprint density at radius 3 is 2.80 bits per heavy atom. The fraction of sp³-hybridized carbons (Fsp3) is 0.429. The number of hydrogen-bond acceptors (Lipinski definition) is 5. The average Bonchev–Trinajstić information content (AvgIpc) is 3.15. The van der Waals surface area contributed by atoms with Crippen LogP contribution in [0.2, 0.25) is 0 Å². The summed E-state index contributed by atoms with van der Waals surface area (Å²) in [5.74, 6) is 1.38. The maximum Gasteiger partial charge on any atom is 0.329 e. The summed E-state index contributed by atoms with van der Waals surface area (Å²) in [6.45, 7) is 6.70. The van der Waals surface area contributed by atoms with Gasteiger partial charge in [-0.1, -0.05) is 13.8 Å². The molecule has 0 aliphatic carbocycles. The number of halogens is 1. The van der Waals surface area contributed by atoms with Gasteiger partial charge in [0.1, 0.15) is 11.3 Å². The van der Waals surface area contributed by atoms with E-state index in [9.17, 15) is 4.79 Å². The molecule has 0 radical (unpaired) electrons. The zero-order valence-corrected chi connectivity index (χ0v) is 18.5. The van der Waals surface area contributed by atoms with Crippen molar-refractivity contribution in [2.45, 2.75) is 39.4 Å². The molecule has 0 spiro atoms. The van der Waals surface area contributed by atoms with Crippen LogP contribution in [0.25, 0.3) is 22.2 Å². The van der Waals surface area contributed by atoms with Crippen LogP contribution >= 0.6 is 15.9 Å². The Morgan fingerprint density at radius 2 is 2.07 bits per heavy atom. The van der Waals surface area contributed by atoms with Crippen molar-refractivity contribution in [3.8, 4) is 0 Å². The molecule has 5 rings (SSSR count). The lowest BCUT2D eigenvalue weighted by atomic mass is 10.1. The van der Waals surface area contributed by atoms with E-state index in [1.165, 1.54) is 0 Å². The Kier molecular flexibility index (Phi) is 4.94. The standard InChI is InChI=1S/C21H23BrN6O2/c1-13(2)4-6-26-19(25-16-7-14(22)8-24-20(16)26)10-27-18-9-23-5-3-17(18)28(21(27)29)15-11-30-12-15/h3,5,7-9,13,15H,4,6,10-12H2,1-2H3. The molecule has 4 aromatic rings. The molecule has 1 saturated heterocycles. The minimum Gasteiger partial charge on any atom is -0.377 e. The number of aryl methyl sites for hydroxylation is 1. The Balaban J connectivity index is 1.64. The highest BCUT2D eigenvalue weighted by Gasteiger charge is 2.27. The summed E-state index contributed by atoms with van der Waals surface area (Å²) in [6, 6.07) is 3.93. The third-order valence-electron chi connectivity index (χ3n) is 5.61. The molecule has 0 bridgehead atoms. The summed E-state index contributed by atoms with van der Waals surface area (Å²) < 4.78 is 12.0. The maximum absolute atomic E-state index is 13.4. The molecule has 1 aliphatic heterocycles. The first-order valence-corrected chi connectivity index (χ1v) is 11.0. The zero-order chi connectivity index (χ0) is 20.8. The Labute approximate surface area is 181 Å². The summed E-state index contributed by atoms with van der Waals surface area (Å²) >= 11 is 3.48. The molecule has 0 unspecified atom stereocenters. The molecule has 0 aromatic carbocycles. The molecule has 9 heteroatoms. The van der Waals surface area contributed by atoms with Crippen molar-refractivity contribution in [3.63, 3.8) is 0 Å². The lowest BCUT2D eigenvalue weighted by Crippen LogP contribution is -2.38. The van der Waals surface area contributed by atoms with Crippen molar-refractivity contribution in [2.24, 2.45) is 5.92 Å². The highest BCUT2D eigenvalue weighted by atomic mass is 79.9. The number of fused-ring (bicyclic) bond motifs is 2. The summed E-state index contributed by atoms with van der Waals surface area (Å²) in [4.78, 5) is 27.0. The van der Waals surface area contributed by atoms with Crippen molar-refractivity contribution < 1.29 is 4.74 Å². The number of pyridine rings is 2. The molecule has 5 heterocycles. The number of ether oxygens (including phenoxy) is 1. The second kappa shape index (κ2) is 7.63. The van der Waals surface area contributed by atoms with E-state index >= 15 is 0 Å². The molecule has 0 saturated carbocycles. The van der Waals surface area contributed by atoms with E-state index in [1.807, 2.05) is 16.7 Å².